The van der Waals surface area contributed by atoms with Gasteiger partial charge in [0.1, 0.15) is 17.6 Å². The van der Waals surface area contributed by atoms with E-state index in [4.69, 9.17) is 9.84 Å². The third-order valence-corrected chi connectivity index (χ3v) is 14.9. The molecule has 320 valence electrons. The number of fused-ring (bicyclic) bond motifs is 12. The first-order valence-electron chi connectivity index (χ1n) is 22.7. The van der Waals surface area contributed by atoms with Gasteiger partial charge in [-0.2, -0.15) is 0 Å². The van der Waals surface area contributed by atoms with Gasteiger partial charge >= 0.3 is 11.9 Å². The molecule has 2 unspecified atom stereocenters. The van der Waals surface area contributed by atoms with Crippen LogP contribution in [0.25, 0.3) is 12.2 Å². The number of carbonyl (C=O) groups is 2. The van der Waals surface area contributed by atoms with E-state index < -0.39 is 5.97 Å². The van der Waals surface area contributed by atoms with Crippen molar-refractivity contribution >= 4 is 24.1 Å². The lowest BCUT2D eigenvalue weighted by Crippen LogP contribution is -2.65. The Hall–Kier alpha value is -3.74. The fourth-order valence-electron chi connectivity index (χ4n) is 12.3. The van der Waals surface area contributed by atoms with Gasteiger partial charge in [-0.25, -0.2) is 9.59 Å². The maximum atomic E-state index is 12.3. The van der Waals surface area contributed by atoms with Crippen LogP contribution in [0.15, 0.2) is 60.7 Å². The lowest BCUT2D eigenvalue weighted by molar-refractivity contribution is -0.150. The van der Waals surface area contributed by atoms with E-state index in [0.717, 1.165) is 81.1 Å². The van der Waals surface area contributed by atoms with E-state index in [0.29, 0.717) is 23.2 Å². The van der Waals surface area contributed by atoms with E-state index in [2.05, 4.69) is 19.6 Å². The molecule has 10 rings (SSSR count). The van der Waals surface area contributed by atoms with Gasteiger partial charge in [-0.1, -0.05) is 49.2 Å². The van der Waals surface area contributed by atoms with Crippen LogP contribution in [0.4, 0.5) is 0 Å². The monoisotopic (exact) mass is 810 g/mol. The molecule has 8 fully saturated rings. The number of carboxylic acids is 1. The molecule has 0 radical (unpaired) electrons. The number of benzene rings is 2. The average molecular weight is 811 g/mol. The van der Waals surface area contributed by atoms with Crippen molar-refractivity contribution < 1.29 is 34.8 Å². The van der Waals surface area contributed by atoms with Crippen LogP contribution in [-0.2, 0) is 14.3 Å². The normalized spacial score (nSPS) is 34.5. The summed E-state index contributed by atoms with van der Waals surface area (Å²) < 4.78 is 5.78. The summed E-state index contributed by atoms with van der Waals surface area (Å²) in [6.07, 6.45) is 25.8. The third kappa shape index (κ3) is 10.2. The summed E-state index contributed by atoms with van der Waals surface area (Å²) in [5.74, 6) is -1.08. The standard InChI is InChI=1S/C24H32N2O3.C15H26N2O.C9H8O3/c27-23-7-2-1-5-17(23)8-9-24(28)29-22-10-12-26-19-13-18-6-3-4-11-25(18)20(14-19)15-21(26)16-22;18-15-4-6-17-12-7-11-3-1-2-5-16(11)13(8-12)9-14(17)10-15;10-8-4-2-1-3-7(8)5-6-9(11)12/h1-2,5,7-9,18-22,27H,3-4,6,10-16H2;11-15,18H,1-10H2;1-6,10H,(H,11,12)/b9-8-;;6-5+/t18-,19+,20+,21-,22?;11-,12+,13+,14-,15?;/m11./s1. The molecule has 0 aliphatic carbocycles. The summed E-state index contributed by atoms with van der Waals surface area (Å²) in [5, 5.41) is 37.2. The number of nitrogens with zero attached hydrogens (tertiary/aromatic N) is 4. The molecular formula is C48H66N4O7. The highest BCUT2D eigenvalue weighted by Crippen LogP contribution is 2.43. The molecule has 0 spiro atoms. The predicted octanol–water partition coefficient (Wildman–Crippen LogP) is 6.66. The highest BCUT2D eigenvalue weighted by atomic mass is 16.5. The lowest BCUT2D eigenvalue weighted by atomic mass is 9.76. The molecule has 8 heterocycles. The number of phenolic OH excluding ortho intramolecular Hbond substituents is 2. The van der Waals surface area contributed by atoms with Crippen molar-refractivity contribution in [1.29, 1.82) is 0 Å². The number of hydrogen-bond acceptors (Lipinski definition) is 10. The van der Waals surface area contributed by atoms with Crippen LogP contribution >= 0.6 is 0 Å². The molecule has 8 saturated heterocycles. The van der Waals surface area contributed by atoms with Crippen LogP contribution < -0.4 is 0 Å². The van der Waals surface area contributed by atoms with Gasteiger partial charge < -0.3 is 25.2 Å². The van der Waals surface area contributed by atoms with Crippen LogP contribution in [0.3, 0.4) is 0 Å². The second-order valence-corrected chi connectivity index (χ2v) is 18.5. The van der Waals surface area contributed by atoms with E-state index in [1.165, 1.54) is 108 Å². The van der Waals surface area contributed by atoms with E-state index in [1.54, 1.807) is 42.5 Å². The van der Waals surface area contributed by atoms with Crippen molar-refractivity contribution in [2.45, 2.75) is 163 Å². The number of aliphatic hydroxyl groups is 1. The van der Waals surface area contributed by atoms with Gasteiger partial charge in [0, 0.05) is 91.1 Å². The number of ether oxygens (including phenoxy) is 1. The summed E-state index contributed by atoms with van der Waals surface area (Å²) in [4.78, 5) is 33.6. The molecule has 0 amide bonds. The van der Waals surface area contributed by atoms with Crippen LogP contribution in [0.1, 0.15) is 114 Å². The van der Waals surface area contributed by atoms with Crippen molar-refractivity contribution in [2.24, 2.45) is 0 Å². The number of piperidine rings is 8. The highest BCUT2D eigenvalue weighted by Gasteiger charge is 2.48. The molecule has 10 atom stereocenters. The number of para-hydroxylation sites is 2. The van der Waals surface area contributed by atoms with Crippen molar-refractivity contribution in [3.8, 4) is 11.5 Å². The summed E-state index contributed by atoms with van der Waals surface area (Å²) in [6, 6.07) is 19.6. The summed E-state index contributed by atoms with van der Waals surface area (Å²) in [5.41, 5.74) is 1.13. The molecule has 2 aromatic rings. The molecule has 8 aliphatic heterocycles. The second-order valence-electron chi connectivity index (χ2n) is 18.5. The van der Waals surface area contributed by atoms with Crippen LogP contribution in [0.2, 0.25) is 0 Å². The van der Waals surface area contributed by atoms with Crippen molar-refractivity contribution in [3.63, 3.8) is 0 Å². The minimum Gasteiger partial charge on any atom is -0.507 e. The SMILES string of the molecule is O=C(/C=C\c1ccccc1O)OC1CCN2[C@@H]3C[C@@H](C[C@@H]2C1)N1CCCC[C@@H]1C3.O=C(O)/C=C/c1ccccc1O.OC1CCN2[C@@H]3C[C@@H](C[C@@H]2C1)N1CCCC[C@@H]1C3. The number of esters is 1. The van der Waals surface area contributed by atoms with Gasteiger partial charge in [-0.15, -0.1) is 0 Å². The van der Waals surface area contributed by atoms with E-state index in [-0.39, 0.29) is 29.7 Å². The molecule has 0 aromatic heterocycles. The van der Waals surface area contributed by atoms with Crippen molar-refractivity contribution in [3.05, 3.63) is 71.8 Å². The number of hydrogen-bond donors (Lipinski definition) is 4. The molecule has 59 heavy (non-hydrogen) atoms. The quantitative estimate of drug-likeness (QED) is 0.191. The Morgan fingerprint density at radius 3 is 1.49 bits per heavy atom. The zero-order chi connectivity index (χ0) is 40.9. The lowest BCUT2D eigenvalue weighted by Gasteiger charge is -2.58. The maximum absolute atomic E-state index is 12.3. The predicted molar refractivity (Wildman–Crippen MR) is 229 cm³/mol. The Kier molecular flexibility index (Phi) is 13.7. The zero-order valence-electron chi connectivity index (χ0n) is 34.6. The molecule has 8 aliphatic rings. The number of aliphatic carboxylic acids is 1. The number of carboxylic acid groups (broad SMARTS) is 1. The maximum Gasteiger partial charge on any atom is 0.331 e. The molecule has 4 bridgehead atoms. The fourth-order valence-corrected chi connectivity index (χ4v) is 12.3. The second kappa shape index (κ2) is 19.3. The molecule has 0 saturated carbocycles. The molecular weight excluding hydrogens is 745 g/mol. The fraction of sp³-hybridized carbons (Fsp3) is 0.625. The Bertz CT molecular complexity index is 1800. The molecule has 2 aromatic carbocycles. The van der Waals surface area contributed by atoms with Crippen LogP contribution in [0.5, 0.6) is 11.5 Å². The smallest absolute Gasteiger partial charge is 0.331 e. The summed E-state index contributed by atoms with van der Waals surface area (Å²) in [6.45, 7) is 4.83. The first-order valence-corrected chi connectivity index (χ1v) is 22.7. The molecule has 4 N–H and O–H groups in total. The Balaban J connectivity index is 0.000000137. The van der Waals surface area contributed by atoms with Crippen LogP contribution in [-0.4, -0.2) is 139 Å². The van der Waals surface area contributed by atoms with E-state index >= 15 is 0 Å². The third-order valence-electron chi connectivity index (χ3n) is 14.9. The number of phenols is 2. The van der Waals surface area contributed by atoms with Crippen molar-refractivity contribution in [1.82, 2.24) is 19.6 Å². The largest absolute Gasteiger partial charge is 0.507 e. The first-order chi connectivity index (χ1) is 28.7. The molecule has 11 heteroatoms. The minimum atomic E-state index is -1.03. The number of carbonyl (C=O) groups excluding carboxylic acids is 1. The van der Waals surface area contributed by atoms with Gasteiger partial charge in [0.05, 0.1) is 6.10 Å². The van der Waals surface area contributed by atoms with Gasteiger partial charge in [-0.3, -0.25) is 19.6 Å². The van der Waals surface area contributed by atoms with Gasteiger partial charge in [0.2, 0.25) is 0 Å². The summed E-state index contributed by atoms with van der Waals surface area (Å²) in [7, 11) is 0. The number of aliphatic hydroxyl groups excluding tert-OH is 1. The first kappa shape index (κ1) is 42.0. The van der Waals surface area contributed by atoms with Gasteiger partial charge in [0.15, 0.2) is 0 Å². The van der Waals surface area contributed by atoms with Crippen LogP contribution in [0, 0.1) is 0 Å². The van der Waals surface area contributed by atoms with E-state index in [1.807, 2.05) is 6.07 Å². The van der Waals surface area contributed by atoms with Crippen molar-refractivity contribution in [2.75, 3.05) is 26.2 Å². The highest BCUT2D eigenvalue weighted by molar-refractivity contribution is 5.87. The average Bonchev–Trinajstić information content (AvgIpc) is 3.23. The zero-order valence-corrected chi connectivity index (χ0v) is 34.6. The Morgan fingerprint density at radius 2 is 0.966 bits per heavy atom. The van der Waals surface area contributed by atoms with Gasteiger partial charge in [-0.05, 0) is 121 Å². The Labute approximate surface area is 350 Å². The summed E-state index contributed by atoms with van der Waals surface area (Å²) >= 11 is 0. The number of rotatable bonds is 5. The minimum absolute atomic E-state index is 0.00810. The van der Waals surface area contributed by atoms with E-state index in [9.17, 15) is 24.9 Å². The topological polar surface area (TPSA) is 137 Å². The molecule has 11 nitrogen and oxygen atoms in total. The van der Waals surface area contributed by atoms with Gasteiger partial charge in [0.25, 0.3) is 0 Å². The Morgan fingerprint density at radius 1 is 0.525 bits per heavy atom. The number of aromatic hydroxyl groups is 2.